The van der Waals surface area contributed by atoms with E-state index in [0.717, 1.165) is 10.4 Å². The fourth-order valence-electron chi connectivity index (χ4n) is 1.70. The van der Waals surface area contributed by atoms with Crippen molar-refractivity contribution in [1.29, 1.82) is 0 Å². The number of carboxylic acid groups (broad SMARTS) is 1. The maximum atomic E-state index is 10.9. The topological polar surface area (TPSA) is 49.3 Å². The zero-order valence-corrected chi connectivity index (χ0v) is 11.9. The van der Waals surface area contributed by atoms with E-state index < -0.39 is 5.97 Å². The van der Waals surface area contributed by atoms with Crippen molar-refractivity contribution in [1.82, 2.24) is 5.32 Å². The number of hydrogen-bond acceptors (Lipinski definition) is 4. The standard InChI is InChI=1S/C13H15NO2S2/c1-8(10-3-4-17-7-10)14-6-11-5-12(13(15)16)18-9(11)2/h3-5,7-8,14H,6H2,1-2H3,(H,15,16). The van der Waals surface area contributed by atoms with Gasteiger partial charge in [0.25, 0.3) is 0 Å². The molecule has 5 heteroatoms. The minimum Gasteiger partial charge on any atom is -0.477 e. The number of hydrogen-bond donors (Lipinski definition) is 2. The number of aromatic carboxylic acids is 1. The molecule has 0 spiro atoms. The van der Waals surface area contributed by atoms with Crippen molar-refractivity contribution >= 4 is 28.6 Å². The molecule has 0 saturated heterocycles. The highest BCUT2D eigenvalue weighted by molar-refractivity contribution is 7.14. The normalized spacial score (nSPS) is 12.6. The van der Waals surface area contributed by atoms with E-state index in [-0.39, 0.29) is 6.04 Å². The number of rotatable bonds is 5. The first-order valence-electron chi connectivity index (χ1n) is 5.66. The molecular formula is C13H15NO2S2. The molecule has 1 unspecified atom stereocenters. The molecule has 0 aromatic carbocycles. The Morgan fingerprint density at radius 2 is 2.33 bits per heavy atom. The summed E-state index contributed by atoms with van der Waals surface area (Å²) in [6.45, 7) is 4.78. The van der Waals surface area contributed by atoms with Crippen LogP contribution in [0.4, 0.5) is 0 Å². The summed E-state index contributed by atoms with van der Waals surface area (Å²) in [5, 5.41) is 16.5. The lowest BCUT2D eigenvalue weighted by Crippen LogP contribution is -2.17. The average molecular weight is 281 g/mol. The van der Waals surface area contributed by atoms with E-state index in [9.17, 15) is 4.79 Å². The summed E-state index contributed by atoms with van der Waals surface area (Å²) in [7, 11) is 0. The van der Waals surface area contributed by atoms with Gasteiger partial charge in [0.05, 0.1) is 0 Å². The second-order valence-electron chi connectivity index (χ2n) is 4.16. The molecule has 0 saturated carbocycles. The molecular weight excluding hydrogens is 266 g/mol. The predicted octanol–water partition coefficient (Wildman–Crippen LogP) is 3.67. The molecule has 0 aliphatic rings. The zero-order chi connectivity index (χ0) is 13.1. The van der Waals surface area contributed by atoms with Crippen LogP contribution in [0.1, 0.15) is 38.6 Å². The minimum absolute atomic E-state index is 0.281. The molecule has 1 atom stereocenters. The van der Waals surface area contributed by atoms with Crippen molar-refractivity contribution < 1.29 is 9.90 Å². The Hall–Kier alpha value is -1.17. The first-order chi connectivity index (χ1) is 8.58. The van der Waals surface area contributed by atoms with E-state index in [1.807, 2.05) is 6.92 Å². The Morgan fingerprint density at radius 3 is 2.89 bits per heavy atom. The van der Waals surface area contributed by atoms with Crippen molar-refractivity contribution in [2.45, 2.75) is 26.4 Å². The lowest BCUT2D eigenvalue weighted by molar-refractivity contribution is 0.0702. The van der Waals surface area contributed by atoms with E-state index in [0.29, 0.717) is 11.4 Å². The van der Waals surface area contributed by atoms with Gasteiger partial charge in [0, 0.05) is 17.5 Å². The fraction of sp³-hybridized carbons (Fsp3) is 0.308. The molecule has 18 heavy (non-hydrogen) atoms. The van der Waals surface area contributed by atoms with E-state index in [2.05, 4.69) is 29.1 Å². The van der Waals surface area contributed by atoms with Crippen molar-refractivity contribution in [3.8, 4) is 0 Å². The lowest BCUT2D eigenvalue weighted by Gasteiger charge is -2.12. The summed E-state index contributed by atoms with van der Waals surface area (Å²) in [5.74, 6) is -0.847. The van der Waals surface area contributed by atoms with Crippen LogP contribution in [0.15, 0.2) is 22.9 Å². The van der Waals surface area contributed by atoms with E-state index in [1.165, 1.54) is 16.9 Å². The summed E-state index contributed by atoms with van der Waals surface area (Å²) in [5.41, 5.74) is 2.34. The average Bonchev–Trinajstić information content (AvgIpc) is 2.95. The van der Waals surface area contributed by atoms with Crippen LogP contribution in [0.25, 0.3) is 0 Å². The number of nitrogens with one attached hydrogen (secondary N) is 1. The van der Waals surface area contributed by atoms with Crippen molar-refractivity contribution in [2.24, 2.45) is 0 Å². The maximum absolute atomic E-state index is 10.9. The Kier molecular flexibility index (Phi) is 4.16. The van der Waals surface area contributed by atoms with Crippen molar-refractivity contribution in [3.63, 3.8) is 0 Å². The van der Waals surface area contributed by atoms with Gasteiger partial charge in [-0.2, -0.15) is 11.3 Å². The molecule has 2 aromatic rings. The summed E-state index contributed by atoms with van der Waals surface area (Å²) >= 11 is 3.02. The van der Waals surface area contributed by atoms with Crippen LogP contribution in [0.2, 0.25) is 0 Å². The van der Waals surface area contributed by atoms with Crippen molar-refractivity contribution in [3.05, 3.63) is 43.8 Å². The second kappa shape index (κ2) is 5.65. The van der Waals surface area contributed by atoms with Gasteiger partial charge in [0.2, 0.25) is 0 Å². The van der Waals surface area contributed by atoms with Gasteiger partial charge in [-0.25, -0.2) is 4.79 Å². The van der Waals surface area contributed by atoms with Crippen LogP contribution in [-0.4, -0.2) is 11.1 Å². The maximum Gasteiger partial charge on any atom is 0.345 e. The van der Waals surface area contributed by atoms with Crippen LogP contribution in [-0.2, 0) is 6.54 Å². The molecule has 2 N–H and O–H groups in total. The third kappa shape index (κ3) is 2.98. The highest BCUT2D eigenvalue weighted by atomic mass is 32.1. The summed E-state index contributed by atoms with van der Waals surface area (Å²) < 4.78 is 0. The molecule has 0 radical (unpaired) electrons. The zero-order valence-electron chi connectivity index (χ0n) is 10.3. The Balaban J connectivity index is 2.00. The Labute approximate surface area is 114 Å². The fourth-order valence-corrected chi connectivity index (χ4v) is 3.34. The van der Waals surface area contributed by atoms with Crippen LogP contribution in [0.3, 0.4) is 0 Å². The Bertz CT molecular complexity index is 531. The minimum atomic E-state index is -0.847. The highest BCUT2D eigenvalue weighted by Crippen LogP contribution is 2.23. The second-order valence-corrected chi connectivity index (χ2v) is 6.19. The quantitative estimate of drug-likeness (QED) is 0.879. The molecule has 2 rings (SSSR count). The van der Waals surface area contributed by atoms with E-state index >= 15 is 0 Å². The molecule has 0 aliphatic heterocycles. The first kappa shape index (κ1) is 13.3. The van der Waals surface area contributed by atoms with E-state index in [1.54, 1.807) is 17.4 Å². The molecule has 0 bridgehead atoms. The summed E-state index contributed by atoms with van der Waals surface area (Å²) in [4.78, 5) is 12.4. The number of carboxylic acids is 1. The van der Waals surface area contributed by atoms with E-state index in [4.69, 9.17) is 5.11 Å². The van der Waals surface area contributed by atoms with Crippen LogP contribution >= 0.6 is 22.7 Å². The SMILES string of the molecule is Cc1sc(C(=O)O)cc1CNC(C)c1ccsc1. The highest BCUT2D eigenvalue weighted by Gasteiger charge is 2.12. The van der Waals surface area contributed by atoms with Gasteiger partial charge in [-0.05, 0) is 47.9 Å². The van der Waals surface area contributed by atoms with Gasteiger partial charge in [0.1, 0.15) is 4.88 Å². The molecule has 96 valence electrons. The molecule has 0 amide bonds. The third-order valence-electron chi connectivity index (χ3n) is 2.87. The van der Waals surface area contributed by atoms with Crippen LogP contribution in [0, 0.1) is 6.92 Å². The largest absolute Gasteiger partial charge is 0.477 e. The van der Waals surface area contributed by atoms with Crippen LogP contribution < -0.4 is 5.32 Å². The molecule has 2 aromatic heterocycles. The molecule has 0 fully saturated rings. The number of thiophene rings is 2. The molecule has 2 heterocycles. The predicted molar refractivity (Wildman–Crippen MR) is 75.6 cm³/mol. The summed E-state index contributed by atoms with van der Waals surface area (Å²) in [6, 6.07) is 4.14. The molecule has 3 nitrogen and oxygen atoms in total. The Morgan fingerprint density at radius 1 is 1.56 bits per heavy atom. The number of carbonyl (C=O) groups is 1. The monoisotopic (exact) mass is 281 g/mol. The smallest absolute Gasteiger partial charge is 0.345 e. The van der Waals surface area contributed by atoms with Gasteiger partial charge in [-0.15, -0.1) is 11.3 Å². The summed E-state index contributed by atoms with van der Waals surface area (Å²) in [6.07, 6.45) is 0. The van der Waals surface area contributed by atoms with Gasteiger partial charge >= 0.3 is 5.97 Å². The van der Waals surface area contributed by atoms with Gasteiger partial charge in [-0.3, -0.25) is 0 Å². The number of aryl methyl sites for hydroxylation is 1. The third-order valence-corrected chi connectivity index (χ3v) is 4.66. The van der Waals surface area contributed by atoms with Crippen LogP contribution in [0.5, 0.6) is 0 Å². The van der Waals surface area contributed by atoms with Gasteiger partial charge in [0.15, 0.2) is 0 Å². The van der Waals surface area contributed by atoms with Crippen molar-refractivity contribution in [2.75, 3.05) is 0 Å². The van der Waals surface area contributed by atoms with Gasteiger partial charge in [-0.1, -0.05) is 0 Å². The van der Waals surface area contributed by atoms with Gasteiger partial charge < -0.3 is 10.4 Å². The lowest BCUT2D eigenvalue weighted by atomic mass is 10.1. The first-order valence-corrected chi connectivity index (χ1v) is 7.42. The molecule has 0 aliphatic carbocycles.